The predicted molar refractivity (Wildman–Crippen MR) is 106 cm³/mol. The van der Waals surface area contributed by atoms with Crippen molar-refractivity contribution in [1.29, 1.82) is 0 Å². The van der Waals surface area contributed by atoms with Gasteiger partial charge in [-0.05, 0) is 24.9 Å². The molecule has 0 aliphatic carbocycles. The fraction of sp³-hybridized carbons (Fsp3) is 0.455. The largest absolute Gasteiger partial charge is 0.387 e. The van der Waals surface area contributed by atoms with Crippen LogP contribution < -0.4 is 0 Å². The van der Waals surface area contributed by atoms with Gasteiger partial charge in [-0.15, -0.1) is 0 Å². The molecule has 2 aliphatic rings. The third kappa shape index (κ3) is 2.91. The molecule has 6 heteroatoms. The first-order chi connectivity index (χ1) is 13.8. The lowest BCUT2D eigenvalue weighted by Gasteiger charge is -2.39. The second-order valence-corrected chi connectivity index (χ2v) is 7.86. The fourth-order valence-corrected chi connectivity index (χ4v) is 4.88. The van der Waals surface area contributed by atoms with Crippen molar-refractivity contribution in [2.24, 2.45) is 0 Å². The summed E-state index contributed by atoms with van der Waals surface area (Å²) in [5.74, 6) is 0. The van der Waals surface area contributed by atoms with Crippen molar-refractivity contribution in [3.63, 3.8) is 0 Å². The Labute approximate surface area is 163 Å². The molecule has 1 fully saturated rings. The summed E-state index contributed by atoms with van der Waals surface area (Å²) in [6.45, 7) is 1.96. The van der Waals surface area contributed by atoms with Gasteiger partial charge < -0.3 is 9.67 Å². The van der Waals surface area contributed by atoms with Crippen LogP contribution in [0.3, 0.4) is 0 Å². The molecule has 0 radical (unpaired) electrons. The van der Waals surface area contributed by atoms with E-state index in [0.29, 0.717) is 18.3 Å². The van der Waals surface area contributed by atoms with E-state index >= 15 is 0 Å². The van der Waals surface area contributed by atoms with Crippen LogP contribution in [0, 0.1) is 0 Å². The number of hydrogen-bond donors (Lipinski definition) is 1. The number of piperidine rings is 1. The standard InChI is InChI=1S/C22H25FN4O/c23-12-16-13-24-22-21(25-16)20-17-8-4-5-10-26(17)11-9-18(20)27(22)14-19(28)15-6-2-1-3-7-15/h1-3,6-7,13,17,19,28H,4-5,8-12,14H2. The molecule has 1 aromatic carbocycles. The molecule has 2 atom stereocenters. The summed E-state index contributed by atoms with van der Waals surface area (Å²) in [6, 6.07) is 10.0. The molecule has 146 valence electrons. The molecule has 2 aromatic heterocycles. The summed E-state index contributed by atoms with van der Waals surface area (Å²) >= 11 is 0. The number of nitrogens with zero attached hydrogens (tertiary/aromatic N) is 4. The van der Waals surface area contributed by atoms with Gasteiger partial charge >= 0.3 is 0 Å². The lowest BCUT2D eigenvalue weighted by molar-refractivity contribution is 0.133. The zero-order valence-electron chi connectivity index (χ0n) is 15.9. The second kappa shape index (κ2) is 7.26. The molecule has 2 aliphatic heterocycles. The zero-order valence-corrected chi connectivity index (χ0v) is 15.9. The summed E-state index contributed by atoms with van der Waals surface area (Å²) in [5.41, 5.74) is 5.28. The number of aromatic nitrogens is 3. The zero-order chi connectivity index (χ0) is 19.1. The lowest BCUT2D eigenvalue weighted by Crippen LogP contribution is -2.39. The maximum atomic E-state index is 13.3. The predicted octanol–water partition coefficient (Wildman–Crippen LogP) is 3.72. The quantitative estimate of drug-likeness (QED) is 0.750. The third-order valence-corrected chi connectivity index (χ3v) is 6.21. The lowest BCUT2D eigenvalue weighted by atomic mass is 9.90. The molecule has 0 bridgehead atoms. The van der Waals surface area contributed by atoms with E-state index in [-0.39, 0.29) is 0 Å². The van der Waals surface area contributed by atoms with Gasteiger partial charge in [0.15, 0.2) is 5.65 Å². The molecule has 28 heavy (non-hydrogen) atoms. The van der Waals surface area contributed by atoms with Crippen molar-refractivity contribution in [3.05, 3.63) is 59.0 Å². The Bertz CT molecular complexity index is 987. The van der Waals surface area contributed by atoms with Gasteiger partial charge in [-0.1, -0.05) is 36.8 Å². The third-order valence-electron chi connectivity index (χ3n) is 6.21. The molecule has 5 rings (SSSR count). The van der Waals surface area contributed by atoms with Gasteiger partial charge in [-0.25, -0.2) is 14.4 Å². The summed E-state index contributed by atoms with van der Waals surface area (Å²) in [4.78, 5) is 11.7. The van der Waals surface area contributed by atoms with Crippen molar-refractivity contribution in [2.45, 2.75) is 51.0 Å². The monoisotopic (exact) mass is 380 g/mol. The van der Waals surface area contributed by atoms with Gasteiger partial charge in [-0.3, -0.25) is 4.90 Å². The van der Waals surface area contributed by atoms with Crippen molar-refractivity contribution in [3.8, 4) is 0 Å². The van der Waals surface area contributed by atoms with Crippen LogP contribution in [0.1, 0.15) is 53.9 Å². The Hall–Kier alpha value is -2.31. The van der Waals surface area contributed by atoms with Crippen LogP contribution in [0.4, 0.5) is 4.39 Å². The Kier molecular flexibility index (Phi) is 4.61. The van der Waals surface area contributed by atoms with Crippen molar-refractivity contribution in [1.82, 2.24) is 19.4 Å². The number of hydrogen-bond acceptors (Lipinski definition) is 4. The molecular formula is C22H25FN4O. The minimum atomic E-state index is -0.618. The highest BCUT2D eigenvalue weighted by Gasteiger charge is 2.35. The van der Waals surface area contributed by atoms with Crippen LogP contribution in [0.15, 0.2) is 36.5 Å². The van der Waals surface area contributed by atoms with Gasteiger partial charge in [0.1, 0.15) is 12.2 Å². The second-order valence-electron chi connectivity index (χ2n) is 7.86. The van der Waals surface area contributed by atoms with Crippen LogP contribution in [-0.4, -0.2) is 37.6 Å². The Morgan fingerprint density at radius 2 is 2.04 bits per heavy atom. The Balaban J connectivity index is 1.63. The molecule has 1 N–H and O–H groups in total. The average molecular weight is 380 g/mol. The number of halogens is 1. The minimum absolute atomic E-state index is 0.333. The SMILES string of the molecule is OC(Cn1c2c(c3nc(CF)cnc31)C1CCCCN1CC2)c1ccccc1. The van der Waals surface area contributed by atoms with E-state index in [1.54, 1.807) is 0 Å². The van der Waals surface area contributed by atoms with E-state index in [1.165, 1.54) is 30.3 Å². The highest BCUT2D eigenvalue weighted by Crippen LogP contribution is 2.41. The Morgan fingerprint density at radius 1 is 1.18 bits per heavy atom. The Morgan fingerprint density at radius 3 is 2.86 bits per heavy atom. The van der Waals surface area contributed by atoms with E-state index in [9.17, 15) is 9.50 Å². The van der Waals surface area contributed by atoms with Gasteiger partial charge in [0.25, 0.3) is 0 Å². The number of benzene rings is 1. The maximum absolute atomic E-state index is 13.3. The molecule has 3 aromatic rings. The topological polar surface area (TPSA) is 54.2 Å². The van der Waals surface area contributed by atoms with E-state index in [0.717, 1.165) is 42.7 Å². The number of aliphatic hydroxyl groups excluding tert-OH is 1. The minimum Gasteiger partial charge on any atom is -0.387 e. The van der Waals surface area contributed by atoms with Gasteiger partial charge in [0.2, 0.25) is 0 Å². The van der Waals surface area contributed by atoms with E-state index < -0.39 is 12.8 Å². The fourth-order valence-electron chi connectivity index (χ4n) is 4.88. The molecular weight excluding hydrogens is 355 g/mol. The molecule has 0 saturated carbocycles. The van der Waals surface area contributed by atoms with E-state index in [4.69, 9.17) is 0 Å². The van der Waals surface area contributed by atoms with Gasteiger partial charge in [0, 0.05) is 30.3 Å². The van der Waals surface area contributed by atoms with Crippen LogP contribution >= 0.6 is 0 Å². The number of rotatable bonds is 4. The van der Waals surface area contributed by atoms with E-state index in [2.05, 4.69) is 19.4 Å². The summed E-state index contributed by atoms with van der Waals surface area (Å²) in [5, 5.41) is 10.8. The number of fused-ring (bicyclic) bond motifs is 5. The van der Waals surface area contributed by atoms with Crippen molar-refractivity contribution < 1.29 is 9.50 Å². The van der Waals surface area contributed by atoms with Crippen LogP contribution in [0.25, 0.3) is 11.2 Å². The summed E-state index contributed by atoms with van der Waals surface area (Å²) in [6.07, 6.45) is 5.37. The number of aliphatic hydroxyl groups is 1. The maximum Gasteiger partial charge on any atom is 0.159 e. The van der Waals surface area contributed by atoms with Crippen molar-refractivity contribution in [2.75, 3.05) is 13.1 Å². The van der Waals surface area contributed by atoms with Crippen LogP contribution in [0.5, 0.6) is 0 Å². The molecule has 0 spiro atoms. The molecule has 4 heterocycles. The molecule has 2 unspecified atom stereocenters. The highest BCUT2D eigenvalue weighted by atomic mass is 19.1. The molecule has 0 amide bonds. The summed E-state index contributed by atoms with van der Waals surface area (Å²) in [7, 11) is 0. The van der Waals surface area contributed by atoms with Gasteiger partial charge in [-0.2, -0.15) is 0 Å². The first-order valence-electron chi connectivity index (χ1n) is 10.2. The van der Waals surface area contributed by atoms with Gasteiger partial charge in [0.05, 0.1) is 24.5 Å². The first-order valence-corrected chi connectivity index (χ1v) is 10.2. The smallest absolute Gasteiger partial charge is 0.159 e. The van der Waals surface area contributed by atoms with Crippen LogP contribution in [0.2, 0.25) is 0 Å². The van der Waals surface area contributed by atoms with Crippen molar-refractivity contribution >= 4 is 11.2 Å². The van der Waals surface area contributed by atoms with Crippen LogP contribution in [-0.2, 0) is 19.6 Å². The van der Waals surface area contributed by atoms with E-state index in [1.807, 2.05) is 30.3 Å². The average Bonchev–Trinajstić information content (AvgIpc) is 3.07. The first kappa shape index (κ1) is 17.8. The molecule has 5 nitrogen and oxygen atoms in total. The molecule has 1 saturated heterocycles. The highest BCUT2D eigenvalue weighted by molar-refractivity contribution is 5.79. The normalized spacial score (nSPS) is 20.7. The summed E-state index contributed by atoms with van der Waals surface area (Å²) < 4.78 is 15.4. The number of alkyl halides is 1.